The fourth-order valence-electron chi connectivity index (χ4n) is 1.46. The Balaban J connectivity index is 2.72. The molecule has 4 nitrogen and oxygen atoms in total. The summed E-state index contributed by atoms with van der Waals surface area (Å²) in [4.78, 5) is 16.3. The van der Waals surface area contributed by atoms with Crippen molar-refractivity contribution in [1.82, 2.24) is 10.3 Å². The maximum Gasteiger partial charge on any atom is 0.272 e. The molecule has 1 rings (SSSR count). The molecule has 6 heteroatoms. The molecule has 1 N–H and O–H groups in total. The molecule has 1 atom stereocenters. The first kappa shape index (κ1) is 16.9. The summed E-state index contributed by atoms with van der Waals surface area (Å²) < 4.78 is 6.43. The number of carbonyl (C=O) groups is 1. The fourth-order valence-corrected chi connectivity index (χ4v) is 2.16. The minimum atomic E-state index is -0.665. The SMILES string of the molecule is CC#CC(C)(C)NC(=O)C(Oc1ccc(Br)cn1)SC. The molecular formula is C14H17BrN2O2S. The van der Waals surface area contributed by atoms with Crippen LogP contribution in [-0.4, -0.2) is 28.1 Å². The molecule has 1 aromatic heterocycles. The van der Waals surface area contributed by atoms with Gasteiger partial charge in [-0.05, 0) is 49.0 Å². The minimum Gasteiger partial charge on any atom is -0.453 e. The zero-order valence-corrected chi connectivity index (χ0v) is 14.3. The maximum absolute atomic E-state index is 12.2. The number of rotatable bonds is 5. The summed E-state index contributed by atoms with van der Waals surface area (Å²) in [5.41, 5.74) is -1.25. The topological polar surface area (TPSA) is 51.2 Å². The van der Waals surface area contributed by atoms with Gasteiger partial charge in [-0.15, -0.1) is 17.7 Å². The van der Waals surface area contributed by atoms with Crippen molar-refractivity contribution in [2.75, 3.05) is 6.26 Å². The third-order valence-corrected chi connectivity index (χ3v) is 3.44. The molecule has 108 valence electrons. The molecule has 0 aliphatic heterocycles. The Kier molecular flexibility index (Phi) is 6.37. The van der Waals surface area contributed by atoms with E-state index in [1.54, 1.807) is 19.2 Å². The average Bonchev–Trinajstić information content (AvgIpc) is 2.37. The smallest absolute Gasteiger partial charge is 0.272 e. The van der Waals surface area contributed by atoms with Crippen molar-refractivity contribution in [2.24, 2.45) is 0 Å². The Morgan fingerprint density at radius 3 is 2.75 bits per heavy atom. The number of amides is 1. The van der Waals surface area contributed by atoms with E-state index in [1.165, 1.54) is 11.8 Å². The summed E-state index contributed by atoms with van der Waals surface area (Å²) in [6.07, 6.45) is 3.43. The lowest BCUT2D eigenvalue weighted by atomic mass is 10.1. The molecule has 0 bridgehead atoms. The van der Waals surface area contributed by atoms with Crippen LogP contribution in [0.3, 0.4) is 0 Å². The average molecular weight is 357 g/mol. The highest BCUT2D eigenvalue weighted by Crippen LogP contribution is 2.17. The summed E-state index contributed by atoms with van der Waals surface area (Å²) in [7, 11) is 0. The normalized spacial score (nSPS) is 12.1. The van der Waals surface area contributed by atoms with Crippen LogP contribution in [0.4, 0.5) is 0 Å². The van der Waals surface area contributed by atoms with Gasteiger partial charge in [0.15, 0.2) is 0 Å². The predicted molar refractivity (Wildman–Crippen MR) is 85.5 cm³/mol. The molecule has 0 aromatic carbocycles. The first-order chi connectivity index (χ1) is 9.38. The van der Waals surface area contributed by atoms with Gasteiger partial charge < -0.3 is 10.1 Å². The number of carbonyl (C=O) groups excluding carboxylic acids is 1. The zero-order chi connectivity index (χ0) is 15.2. The van der Waals surface area contributed by atoms with Crippen molar-refractivity contribution in [2.45, 2.75) is 31.7 Å². The monoisotopic (exact) mass is 356 g/mol. The molecule has 0 radical (unpaired) electrons. The lowest BCUT2D eigenvalue weighted by Gasteiger charge is -2.23. The largest absolute Gasteiger partial charge is 0.453 e. The van der Waals surface area contributed by atoms with Crippen LogP contribution in [0.1, 0.15) is 20.8 Å². The number of aromatic nitrogens is 1. The van der Waals surface area contributed by atoms with Gasteiger partial charge in [0, 0.05) is 16.7 Å². The van der Waals surface area contributed by atoms with Crippen molar-refractivity contribution in [3.8, 4) is 17.7 Å². The maximum atomic E-state index is 12.2. The number of nitrogens with one attached hydrogen (secondary N) is 1. The second kappa shape index (κ2) is 7.55. The van der Waals surface area contributed by atoms with E-state index in [9.17, 15) is 4.79 Å². The number of hydrogen-bond acceptors (Lipinski definition) is 4. The van der Waals surface area contributed by atoms with Crippen molar-refractivity contribution in [3.63, 3.8) is 0 Å². The summed E-state index contributed by atoms with van der Waals surface area (Å²) in [6, 6.07) is 3.52. The van der Waals surface area contributed by atoms with E-state index < -0.39 is 11.0 Å². The lowest BCUT2D eigenvalue weighted by Crippen LogP contribution is -2.47. The molecule has 1 heterocycles. The second-order valence-corrected chi connectivity index (χ2v) is 6.30. The van der Waals surface area contributed by atoms with E-state index >= 15 is 0 Å². The van der Waals surface area contributed by atoms with Gasteiger partial charge in [-0.3, -0.25) is 4.79 Å². The number of thioether (sulfide) groups is 1. The summed E-state index contributed by atoms with van der Waals surface area (Å²) in [6.45, 7) is 5.43. The van der Waals surface area contributed by atoms with E-state index in [0.717, 1.165) is 4.47 Å². The molecule has 0 saturated carbocycles. The highest BCUT2D eigenvalue weighted by atomic mass is 79.9. The molecule has 20 heavy (non-hydrogen) atoms. The molecule has 1 amide bonds. The molecule has 0 aliphatic rings. The molecule has 0 aliphatic carbocycles. The van der Waals surface area contributed by atoms with Crippen molar-refractivity contribution in [1.29, 1.82) is 0 Å². The van der Waals surface area contributed by atoms with E-state index in [-0.39, 0.29) is 5.91 Å². The van der Waals surface area contributed by atoms with Crippen LogP contribution in [0.25, 0.3) is 0 Å². The Morgan fingerprint density at radius 1 is 1.55 bits per heavy atom. The van der Waals surface area contributed by atoms with Gasteiger partial charge in [0.1, 0.15) is 0 Å². The summed E-state index contributed by atoms with van der Waals surface area (Å²) >= 11 is 4.60. The Labute approximate surface area is 132 Å². The summed E-state index contributed by atoms with van der Waals surface area (Å²) in [5, 5.41) is 2.84. The van der Waals surface area contributed by atoms with Gasteiger partial charge in [0.05, 0.1) is 5.54 Å². The number of halogens is 1. The lowest BCUT2D eigenvalue weighted by molar-refractivity contribution is -0.125. The molecule has 0 saturated heterocycles. The quantitative estimate of drug-likeness (QED) is 0.650. The Morgan fingerprint density at radius 2 is 2.25 bits per heavy atom. The fraction of sp³-hybridized carbons (Fsp3) is 0.429. The molecule has 0 spiro atoms. The van der Waals surface area contributed by atoms with E-state index in [1.807, 2.05) is 26.2 Å². The van der Waals surface area contributed by atoms with E-state index in [4.69, 9.17) is 4.74 Å². The van der Waals surface area contributed by atoms with Crippen LogP contribution in [0, 0.1) is 11.8 Å². The van der Waals surface area contributed by atoms with Gasteiger partial charge in [-0.25, -0.2) is 4.98 Å². The number of hydrogen-bond donors (Lipinski definition) is 1. The standard InChI is InChI=1S/C14H17BrN2O2S/c1-5-8-14(2,3)17-12(18)13(20-4)19-11-7-6-10(15)9-16-11/h6-7,9,13H,1-4H3,(H,17,18). The van der Waals surface area contributed by atoms with E-state index in [0.29, 0.717) is 5.88 Å². The van der Waals surface area contributed by atoms with Crippen LogP contribution in [0.2, 0.25) is 0 Å². The third-order valence-electron chi connectivity index (χ3n) is 2.23. The first-order valence-corrected chi connectivity index (χ1v) is 8.03. The minimum absolute atomic E-state index is 0.227. The van der Waals surface area contributed by atoms with Crippen LogP contribution < -0.4 is 10.1 Å². The molecule has 0 fully saturated rings. The van der Waals surface area contributed by atoms with Gasteiger partial charge in [0.2, 0.25) is 11.3 Å². The number of pyridine rings is 1. The third kappa shape index (κ3) is 5.43. The van der Waals surface area contributed by atoms with Crippen molar-refractivity contribution in [3.05, 3.63) is 22.8 Å². The Bertz CT molecular complexity index is 520. The molecule has 1 aromatic rings. The number of ether oxygens (including phenoxy) is 1. The van der Waals surface area contributed by atoms with Crippen LogP contribution in [0.15, 0.2) is 22.8 Å². The highest BCUT2D eigenvalue weighted by Gasteiger charge is 2.25. The van der Waals surface area contributed by atoms with Gasteiger partial charge in [0.25, 0.3) is 5.91 Å². The van der Waals surface area contributed by atoms with Crippen LogP contribution in [0.5, 0.6) is 5.88 Å². The van der Waals surface area contributed by atoms with Crippen LogP contribution >= 0.6 is 27.7 Å². The molecule has 1 unspecified atom stereocenters. The predicted octanol–water partition coefficient (Wildman–Crippen LogP) is 2.83. The van der Waals surface area contributed by atoms with Gasteiger partial charge in [-0.1, -0.05) is 5.92 Å². The second-order valence-electron chi connectivity index (χ2n) is 4.49. The van der Waals surface area contributed by atoms with Gasteiger partial charge in [-0.2, -0.15) is 0 Å². The first-order valence-electron chi connectivity index (χ1n) is 5.95. The number of nitrogens with zero attached hydrogens (tertiary/aromatic N) is 1. The molecular weight excluding hydrogens is 340 g/mol. The Hall–Kier alpha value is -1.19. The van der Waals surface area contributed by atoms with E-state index in [2.05, 4.69) is 38.1 Å². The zero-order valence-electron chi connectivity index (χ0n) is 11.9. The highest BCUT2D eigenvalue weighted by molar-refractivity contribution is 9.10. The van der Waals surface area contributed by atoms with Crippen molar-refractivity contribution >= 4 is 33.6 Å². The van der Waals surface area contributed by atoms with Crippen LogP contribution in [-0.2, 0) is 4.79 Å². The van der Waals surface area contributed by atoms with Crippen molar-refractivity contribution < 1.29 is 9.53 Å². The summed E-state index contributed by atoms with van der Waals surface area (Å²) in [5.74, 6) is 5.91. The van der Waals surface area contributed by atoms with Gasteiger partial charge >= 0.3 is 0 Å².